The molecular formula is C12H20N2O3S2. The summed E-state index contributed by atoms with van der Waals surface area (Å²) in [6.07, 6.45) is 2.62. The van der Waals surface area contributed by atoms with E-state index in [1.54, 1.807) is 0 Å². The smallest absolute Gasteiger partial charge is 0.233 e. The minimum Gasteiger partial charge on any atom is -0.392 e. The predicted octanol–water partition coefficient (Wildman–Crippen LogP) is 0.382. The summed E-state index contributed by atoms with van der Waals surface area (Å²) in [5.41, 5.74) is 4.93. The number of nitrogens with two attached hydrogens (primary N) is 1. The Balaban J connectivity index is 1.96. The number of rotatable bonds is 4. The lowest BCUT2D eigenvalue weighted by molar-refractivity contribution is -0.132. The second-order valence-corrected chi connectivity index (χ2v) is 8.64. The normalized spacial score (nSPS) is 36.5. The minimum atomic E-state index is -3.03. The van der Waals surface area contributed by atoms with E-state index in [4.69, 9.17) is 18.0 Å². The zero-order valence-corrected chi connectivity index (χ0v) is 12.6. The van der Waals surface area contributed by atoms with E-state index in [2.05, 4.69) is 5.32 Å². The molecule has 1 atom stereocenters. The Kier molecular flexibility index (Phi) is 3.88. The van der Waals surface area contributed by atoms with Gasteiger partial charge in [-0.05, 0) is 31.6 Å². The van der Waals surface area contributed by atoms with E-state index in [-0.39, 0.29) is 23.2 Å². The Morgan fingerprint density at radius 3 is 2.53 bits per heavy atom. The highest BCUT2D eigenvalue weighted by molar-refractivity contribution is 7.92. The lowest BCUT2D eigenvalue weighted by atomic mass is 9.62. The van der Waals surface area contributed by atoms with Gasteiger partial charge in [0.2, 0.25) is 5.91 Å². The zero-order valence-electron chi connectivity index (χ0n) is 11.0. The van der Waals surface area contributed by atoms with Gasteiger partial charge in [-0.25, -0.2) is 8.42 Å². The third-order valence-corrected chi connectivity index (χ3v) is 6.92. The van der Waals surface area contributed by atoms with Crippen LogP contribution in [0.2, 0.25) is 0 Å². The highest BCUT2D eigenvalue weighted by atomic mass is 32.2. The molecule has 0 spiro atoms. The SMILES string of the molecule is CC1CC(C(=O)NCC2CCCS2(=O)=O)(C(N)=S)C1. The van der Waals surface area contributed by atoms with Gasteiger partial charge in [0.15, 0.2) is 9.84 Å². The van der Waals surface area contributed by atoms with Crippen LogP contribution in [0.4, 0.5) is 0 Å². The van der Waals surface area contributed by atoms with Crippen LogP contribution >= 0.6 is 12.2 Å². The van der Waals surface area contributed by atoms with E-state index >= 15 is 0 Å². The molecule has 0 aromatic carbocycles. The van der Waals surface area contributed by atoms with Crippen molar-refractivity contribution in [1.82, 2.24) is 5.32 Å². The van der Waals surface area contributed by atoms with Crippen molar-refractivity contribution in [3.05, 3.63) is 0 Å². The predicted molar refractivity (Wildman–Crippen MR) is 77.4 cm³/mol. The van der Waals surface area contributed by atoms with Gasteiger partial charge >= 0.3 is 0 Å². The fourth-order valence-electron chi connectivity index (χ4n) is 3.09. The molecule has 0 aromatic rings. The summed E-state index contributed by atoms with van der Waals surface area (Å²) >= 11 is 5.00. The first-order chi connectivity index (χ1) is 8.78. The standard InChI is InChI=1S/C12H20N2O3S2/c1-8-5-12(6-8,10(13)18)11(15)14-7-9-3-2-4-19(9,16)17/h8-9H,2-7H2,1H3,(H2,13,18)(H,14,15). The van der Waals surface area contributed by atoms with Crippen molar-refractivity contribution in [2.24, 2.45) is 17.1 Å². The summed E-state index contributed by atoms with van der Waals surface area (Å²) in [7, 11) is -3.03. The second kappa shape index (κ2) is 5.01. The van der Waals surface area contributed by atoms with E-state index in [1.807, 2.05) is 6.92 Å². The molecule has 3 N–H and O–H groups in total. The van der Waals surface area contributed by atoms with E-state index in [1.165, 1.54) is 0 Å². The molecule has 1 aliphatic heterocycles. The average Bonchev–Trinajstić information content (AvgIpc) is 2.60. The topological polar surface area (TPSA) is 89.3 Å². The van der Waals surface area contributed by atoms with Gasteiger partial charge < -0.3 is 11.1 Å². The quantitative estimate of drug-likeness (QED) is 0.733. The van der Waals surface area contributed by atoms with Crippen molar-refractivity contribution in [1.29, 1.82) is 0 Å². The highest BCUT2D eigenvalue weighted by Gasteiger charge is 2.51. The molecule has 1 amide bonds. The van der Waals surface area contributed by atoms with Gasteiger partial charge in [-0.15, -0.1) is 0 Å². The molecule has 0 bridgehead atoms. The van der Waals surface area contributed by atoms with Gasteiger partial charge in [-0.2, -0.15) is 0 Å². The van der Waals surface area contributed by atoms with Crippen LogP contribution in [0.15, 0.2) is 0 Å². The molecule has 108 valence electrons. The van der Waals surface area contributed by atoms with E-state index in [0.29, 0.717) is 31.6 Å². The van der Waals surface area contributed by atoms with Crippen molar-refractivity contribution in [3.63, 3.8) is 0 Å². The van der Waals surface area contributed by atoms with Crippen LogP contribution in [0.1, 0.15) is 32.6 Å². The van der Waals surface area contributed by atoms with Crippen LogP contribution in [-0.4, -0.2) is 36.9 Å². The Labute approximate surface area is 119 Å². The molecule has 1 saturated carbocycles. The Hall–Kier alpha value is -0.690. The molecule has 2 aliphatic rings. The number of amides is 1. The van der Waals surface area contributed by atoms with Crippen molar-refractivity contribution < 1.29 is 13.2 Å². The number of hydrogen-bond donors (Lipinski definition) is 2. The Morgan fingerprint density at radius 1 is 1.47 bits per heavy atom. The van der Waals surface area contributed by atoms with Gasteiger partial charge in [-0.3, -0.25) is 4.79 Å². The molecule has 19 heavy (non-hydrogen) atoms. The molecule has 0 radical (unpaired) electrons. The molecule has 1 unspecified atom stereocenters. The van der Waals surface area contributed by atoms with Crippen LogP contribution in [-0.2, 0) is 14.6 Å². The third kappa shape index (κ3) is 2.63. The average molecular weight is 304 g/mol. The molecule has 1 saturated heterocycles. The first-order valence-electron chi connectivity index (χ1n) is 6.58. The van der Waals surface area contributed by atoms with Crippen LogP contribution in [0, 0.1) is 11.3 Å². The molecular weight excluding hydrogens is 284 g/mol. The van der Waals surface area contributed by atoms with E-state index in [9.17, 15) is 13.2 Å². The largest absolute Gasteiger partial charge is 0.392 e. The summed E-state index contributed by atoms with van der Waals surface area (Å²) in [6, 6.07) is 0. The second-order valence-electron chi connectivity index (χ2n) is 5.80. The lowest BCUT2D eigenvalue weighted by Crippen LogP contribution is -2.56. The summed E-state index contributed by atoms with van der Waals surface area (Å²) < 4.78 is 23.4. The highest BCUT2D eigenvalue weighted by Crippen LogP contribution is 2.46. The van der Waals surface area contributed by atoms with Crippen LogP contribution < -0.4 is 11.1 Å². The van der Waals surface area contributed by atoms with Gasteiger partial charge in [0.1, 0.15) is 0 Å². The number of sulfone groups is 1. The lowest BCUT2D eigenvalue weighted by Gasteiger charge is -2.44. The van der Waals surface area contributed by atoms with Gasteiger partial charge in [-0.1, -0.05) is 19.1 Å². The maximum Gasteiger partial charge on any atom is 0.233 e. The molecule has 0 aromatic heterocycles. The van der Waals surface area contributed by atoms with Crippen molar-refractivity contribution in [2.75, 3.05) is 12.3 Å². The van der Waals surface area contributed by atoms with Crippen LogP contribution in [0.25, 0.3) is 0 Å². The van der Waals surface area contributed by atoms with Crippen LogP contribution in [0.3, 0.4) is 0 Å². The van der Waals surface area contributed by atoms with Crippen molar-refractivity contribution in [3.8, 4) is 0 Å². The summed E-state index contributed by atoms with van der Waals surface area (Å²) in [4.78, 5) is 12.4. The number of thiocarbonyl (C=S) groups is 1. The summed E-state index contributed by atoms with van der Waals surface area (Å²) in [5.74, 6) is 0.452. The minimum absolute atomic E-state index is 0.180. The number of hydrogen-bond acceptors (Lipinski definition) is 4. The third-order valence-electron chi connectivity index (χ3n) is 4.25. The van der Waals surface area contributed by atoms with E-state index < -0.39 is 20.5 Å². The molecule has 7 heteroatoms. The van der Waals surface area contributed by atoms with Gasteiger partial charge in [0.05, 0.1) is 21.4 Å². The van der Waals surface area contributed by atoms with Crippen LogP contribution in [0.5, 0.6) is 0 Å². The zero-order chi connectivity index (χ0) is 14.3. The number of carbonyl (C=O) groups excluding carboxylic acids is 1. The first-order valence-corrected chi connectivity index (χ1v) is 8.70. The maximum atomic E-state index is 12.2. The molecule has 1 aliphatic carbocycles. The van der Waals surface area contributed by atoms with E-state index in [0.717, 1.165) is 0 Å². The fourth-order valence-corrected chi connectivity index (χ4v) is 5.12. The summed E-state index contributed by atoms with van der Waals surface area (Å²) in [6.45, 7) is 2.23. The molecule has 5 nitrogen and oxygen atoms in total. The fraction of sp³-hybridized carbons (Fsp3) is 0.833. The first kappa shape index (κ1) is 14.7. The monoisotopic (exact) mass is 304 g/mol. The van der Waals surface area contributed by atoms with Gasteiger partial charge in [0, 0.05) is 6.54 Å². The van der Waals surface area contributed by atoms with Crippen molar-refractivity contribution >= 4 is 33.0 Å². The Morgan fingerprint density at radius 2 is 2.11 bits per heavy atom. The summed E-state index contributed by atoms with van der Waals surface area (Å²) in [5, 5.41) is 2.29. The maximum absolute atomic E-state index is 12.2. The molecule has 2 fully saturated rings. The van der Waals surface area contributed by atoms with Gasteiger partial charge in [0.25, 0.3) is 0 Å². The number of carbonyl (C=O) groups is 1. The molecule has 1 heterocycles. The number of nitrogens with one attached hydrogen (secondary N) is 1. The molecule has 2 rings (SSSR count). The van der Waals surface area contributed by atoms with Crippen molar-refractivity contribution in [2.45, 2.75) is 37.9 Å². The Bertz CT molecular complexity index is 495.